The average Bonchev–Trinajstić information content (AvgIpc) is 2.37. The van der Waals surface area contributed by atoms with E-state index in [0.717, 1.165) is 32.4 Å². The molecule has 0 aromatic heterocycles. The van der Waals surface area contributed by atoms with Gasteiger partial charge in [0.2, 0.25) is 10.0 Å². The first-order valence-corrected chi connectivity index (χ1v) is 8.24. The fourth-order valence-corrected chi connectivity index (χ4v) is 4.22. The summed E-state index contributed by atoms with van der Waals surface area (Å²) in [5.41, 5.74) is 0. The number of nitrogens with zero attached hydrogens (tertiary/aromatic N) is 1. The largest absolute Gasteiger partial charge is 0.383 e. The van der Waals surface area contributed by atoms with Crippen LogP contribution in [0.1, 0.15) is 33.1 Å². The van der Waals surface area contributed by atoms with Gasteiger partial charge in [-0.25, -0.2) is 8.42 Å². The molecule has 1 aliphatic rings. The van der Waals surface area contributed by atoms with E-state index in [4.69, 9.17) is 4.74 Å². The Morgan fingerprint density at radius 2 is 1.95 bits per heavy atom. The Morgan fingerprint density at radius 3 is 2.42 bits per heavy atom. The van der Waals surface area contributed by atoms with Gasteiger partial charge in [-0.05, 0) is 39.3 Å². The van der Waals surface area contributed by atoms with Gasteiger partial charge in [0.1, 0.15) is 0 Å². The predicted molar refractivity (Wildman–Crippen MR) is 80.4 cm³/mol. The van der Waals surface area contributed by atoms with Gasteiger partial charge < -0.3 is 10.1 Å². The lowest BCUT2D eigenvalue weighted by molar-refractivity contribution is 0.194. The first-order chi connectivity index (χ1) is 8.54. The Balaban J connectivity index is 0.00000324. The van der Waals surface area contributed by atoms with E-state index >= 15 is 0 Å². The van der Waals surface area contributed by atoms with Crippen LogP contribution in [-0.2, 0) is 14.8 Å². The minimum absolute atomic E-state index is 0. The minimum atomic E-state index is -3.24. The van der Waals surface area contributed by atoms with E-state index in [0.29, 0.717) is 6.54 Å². The summed E-state index contributed by atoms with van der Waals surface area (Å²) >= 11 is 0. The Labute approximate surface area is 123 Å². The highest BCUT2D eigenvalue weighted by Gasteiger charge is 2.34. The molecule has 0 bridgehead atoms. The van der Waals surface area contributed by atoms with Crippen LogP contribution in [0.4, 0.5) is 0 Å². The van der Waals surface area contributed by atoms with Crippen molar-refractivity contribution in [3.05, 3.63) is 0 Å². The van der Waals surface area contributed by atoms with Crippen LogP contribution in [0.25, 0.3) is 0 Å². The molecule has 1 saturated heterocycles. The maximum Gasteiger partial charge on any atom is 0.219 e. The molecule has 1 heterocycles. The molecule has 7 heteroatoms. The van der Waals surface area contributed by atoms with E-state index in [9.17, 15) is 8.42 Å². The van der Waals surface area contributed by atoms with Crippen molar-refractivity contribution in [2.24, 2.45) is 0 Å². The summed E-state index contributed by atoms with van der Waals surface area (Å²) in [4.78, 5) is 0. The molecular formula is C12H27ClN2O3S. The minimum Gasteiger partial charge on any atom is -0.383 e. The van der Waals surface area contributed by atoms with E-state index in [2.05, 4.69) is 5.32 Å². The summed E-state index contributed by atoms with van der Waals surface area (Å²) in [5.74, 6) is 0. The third-order valence-electron chi connectivity index (χ3n) is 3.40. The average molecular weight is 315 g/mol. The molecule has 1 N–H and O–H groups in total. The molecule has 19 heavy (non-hydrogen) atoms. The molecule has 0 amide bonds. The lowest BCUT2D eigenvalue weighted by Gasteiger charge is -2.35. The molecule has 0 aromatic rings. The second-order valence-electron chi connectivity index (χ2n) is 4.90. The number of hydrogen-bond acceptors (Lipinski definition) is 4. The fraction of sp³-hybridized carbons (Fsp3) is 1.00. The van der Waals surface area contributed by atoms with Crippen LogP contribution in [-0.4, -0.2) is 57.4 Å². The van der Waals surface area contributed by atoms with Gasteiger partial charge in [0.15, 0.2) is 0 Å². The van der Waals surface area contributed by atoms with Crippen molar-refractivity contribution in [3.63, 3.8) is 0 Å². The summed E-state index contributed by atoms with van der Waals surface area (Å²) in [6.07, 6.45) is 2.65. The second-order valence-corrected chi connectivity index (χ2v) is 7.21. The lowest BCUT2D eigenvalue weighted by Crippen LogP contribution is -2.49. The Bertz CT molecular complexity index is 332. The Morgan fingerprint density at radius 1 is 1.37 bits per heavy atom. The molecule has 0 radical (unpaired) electrons. The standard InChI is InChI=1S/C12H26N2O3S.ClH/c1-4-9-14(12-5-7-13-8-6-12)18(15,16)11(2)10-17-3;/h11-13H,4-10H2,1-3H3;1H. The van der Waals surface area contributed by atoms with Gasteiger partial charge in [0.25, 0.3) is 0 Å². The number of sulfonamides is 1. The van der Waals surface area contributed by atoms with Crippen molar-refractivity contribution in [2.45, 2.75) is 44.4 Å². The van der Waals surface area contributed by atoms with Crippen LogP contribution in [0.3, 0.4) is 0 Å². The summed E-state index contributed by atoms with van der Waals surface area (Å²) in [6.45, 7) is 6.42. The molecular weight excluding hydrogens is 288 g/mol. The summed E-state index contributed by atoms with van der Waals surface area (Å²) in [7, 11) is -1.70. The molecule has 1 atom stereocenters. The highest BCUT2D eigenvalue weighted by Crippen LogP contribution is 2.20. The number of ether oxygens (including phenoxy) is 1. The molecule has 0 aliphatic carbocycles. The van der Waals surface area contributed by atoms with E-state index in [1.807, 2.05) is 6.92 Å². The molecule has 1 unspecified atom stereocenters. The van der Waals surface area contributed by atoms with E-state index in [-0.39, 0.29) is 25.1 Å². The van der Waals surface area contributed by atoms with Crippen molar-refractivity contribution in [1.29, 1.82) is 0 Å². The molecule has 5 nitrogen and oxygen atoms in total. The van der Waals surface area contributed by atoms with Gasteiger partial charge >= 0.3 is 0 Å². The molecule has 1 aliphatic heterocycles. The summed E-state index contributed by atoms with van der Waals surface area (Å²) in [5, 5.41) is 2.80. The normalized spacial score (nSPS) is 19.2. The third-order valence-corrected chi connectivity index (χ3v) is 5.68. The molecule has 0 spiro atoms. The van der Waals surface area contributed by atoms with Crippen LogP contribution < -0.4 is 5.32 Å². The Hall–Kier alpha value is 0.120. The quantitative estimate of drug-likeness (QED) is 0.768. The van der Waals surface area contributed by atoms with Crippen molar-refractivity contribution >= 4 is 22.4 Å². The summed E-state index contributed by atoms with van der Waals surface area (Å²) < 4.78 is 31.8. The van der Waals surface area contributed by atoms with Crippen LogP contribution in [0.2, 0.25) is 0 Å². The van der Waals surface area contributed by atoms with Gasteiger partial charge in [-0.1, -0.05) is 6.92 Å². The highest BCUT2D eigenvalue weighted by molar-refractivity contribution is 7.89. The molecule has 0 saturated carbocycles. The van der Waals surface area contributed by atoms with Crippen molar-refractivity contribution < 1.29 is 13.2 Å². The maximum atomic E-state index is 12.5. The second kappa shape index (κ2) is 9.13. The van der Waals surface area contributed by atoms with E-state index in [1.165, 1.54) is 0 Å². The number of nitrogens with one attached hydrogen (secondary N) is 1. The highest BCUT2D eigenvalue weighted by atomic mass is 35.5. The fourth-order valence-electron chi connectivity index (χ4n) is 2.38. The number of methoxy groups -OCH3 is 1. The number of rotatable bonds is 7. The summed E-state index contributed by atoms with van der Waals surface area (Å²) in [6, 6.07) is 0.149. The molecule has 116 valence electrons. The van der Waals surface area contributed by atoms with Gasteiger partial charge in [0.05, 0.1) is 11.9 Å². The number of hydrogen-bond donors (Lipinski definition) is 1. The van der Waals surface area contributed by atoms with E-state index < -0.39 is 15.3 Å². The zero-order valence-electron chi connectivity index (χ0n) is 12.1. The predicted octanol–water partition coefficient (Wildman–Crippen LogP) is 1.24. The number of halogens is 1. The van der Waals surface area contributed by atoms with Crippen LogP contribution in [0.15, 0.2) is 0 Å². The lowest BCUT2D eigenvalue weighted by atomic mass is 10.1. The maximum absolute atomic E-state index is 12.5. The zero-order chi connectivity index (χ0) is 13.6. The smallest absolute Gasteiger partial charge is 0.219 e. The first-order valence-electron chi connectivity index (χ1n) is 6.74. The SMILES string of the molecule is CCCN(C1CCNCC1)S(=O)(=O)C(C)COC.Cl. The van der Waals surface area contributed by atoms with Crippen molar-refractivity contribution in [3.8, 4) is 0 Å². The van der Waals surface area contributed by atoms with E-state index in [1.54, 1.807) is 18.3 Å². The van der Waals surface area contributed by atoms with Crippen molar-refractivity contribution in [1.82, 2.24) is 9.62 Å². The first kappa shape index (κ1) is 19.1. The third kappa shape index (κ3) is 5.19. The number of piperidine rings is 1. The molecule has 1 fully saturated rings. The van der Waals surface area contributed by atoms with Crippen LogP contribution >= 0.6 is 12.4 Å². The molecule has 0 aromatic carbocycles. The van der Waals surface area contributed by atoms with Crippen molar-refractivity contribution in [2.75, 3.05) is 33.4 Å². The van der Waals surface area contributed by atoms with Crippen LogP contribution in [0, 0.1) is 0 Å². The van der Waals surface area contributed by atoms with Crippen LogP contribution in [0.5, 0.6) is 0 Å². The topological polar surface area (TPSA) is 58.6 Å². The monoisotopic (exact) mass is 314 g/mol. The van der Waals surface area contributed by atoms with Gasteiger partial charge in [0, 0.05) is 19.7 Å². The Kier molecular flexibility index (Phi) is 9.19. The van der Waals surface area contributed by atoms with Gasteiger partial charge in [-0.3, -0.25) is 0 Å². The molecule has 1 rings (SSSR count). The zero-order valence-corrected chi connectivity index (χ0v) is 13.7. The van der Waals surface area contributed by atoms with Gasteiger partial charge in [-0.15, -0.1) is 12.4 Å². The van der Waals surface area contributed by atoms with Gasteiger partial charge in [-0.2, -0.15) is 4.31 Å².